The number of aromatic nitrogens is 3. The number of anilines is 3. The predicted octanol–water partition coefficient (Wildman–Crippen LogP) is 5.20. The lowest BCUT2D eigenvalue weighted by Gasteiger charge is -2.26. The summed E-state index contributed by atoms with van der Waals surface area (Å²) in [6, 6.07) is 11.6. The Balaban J connectivity index is 1.71. The molecule has 2 aromatic heterocycles. The molecule has 0 radical (unpaired) electrons. The molecule has 1 N–H and O–H groups in total. The van der Waals surface area contributed by atoms with E-state index in [-0.39, 0.29) is 62.7 Å². The topological polar surface area (TPSA) is 118 Å². The van der Waals surface area contributed by atoms with Crippen LogP contribution in [0.25, 0.3) is 11.4 Å². The van der Waals surface area contributed by atoms with Gasteiger partial charge in [-0.25, -0.2) is 17.8 Å². The summed E-state index contributed by atoms with van der Waals surface area (Å²) in [4.78, 5) is 19.3. The molecule has 0 aliphatic carbocycles. The minimum Gasteiger partial charge on any atom is -0.338 e. The molecule has 0 saturated heterocycles. The Bertz CT molecular complexity index is 1670. The lowest BCUT2D eigenvalue weighted by Crippen LogP contribution is -2.31. The third-order valence-corrected chi connectivity index (χ3v) is 7.66. The number of Topliss-reactive ketones (excluding diaryl/α,β-unsaturated/α-hetero) is 1. The number of nitrogens with zero attached hydrogens (tertiary/aromatic N) is 4. The smallest absolute Gasteiger partial charge is 0.338 e. The molecule has 5 rings (SSSR count). The number of fused-ring (bicyclic) bond motifs is 2. The maximum absolute atomic E-state index is 14.0. The molecule has 0 atom stereocenters. The van der Waals surface area contributed by atoms with E-state index < -0.39 is 35.1 Å². The molecular formula is C25H19F4N5O4S. The van der Waals surface area contributed by atoms with E-state index in [1.165, 1.54) is 49.4 Å². The first-order valence-corrected chi connectivity index (χ1v) is 12.9. The van der Waals surface area contributed by atoms with Crippen molar-refractivity contribution in [2.75, 3.05) is 9.62 Å². The molecule has 1 aliphatic heterocycles. The lowest BCUT2D eigenvalue weighted by molar-refractivity contribution is -0.141. The van der Waals surface area contributed by atoms with Crippen molar-refractivity contribution in [2.45, 2.75) is 37.6 Å². The van der Waals surface area contributed by atoms with Crippen molar-refractivity contribution in [3.8, 4) is 11.4 Å². The van der Waals surface area contributed by atoms with E-state index in [2.05, 4.69) is 20.4 Å². The van der Waals surface area contributed by atoms with Gasteiger partial charge in [-0.2, -0.15) is 18.2 Å². The summed E-state index contributed by atoms with van der Waals surface area (Å²) in [7, 11) is -4.37. The van der Waals surface area contributed by atoms with Crippen LogP contribution in [0.3, 0.4) is 0 Å². The molecule has 14 heteroatoms. The summed E-state index contributed by atoms with van der Waals surface area (Å²) < 4.78 is 87.4. The fourth-order valence-electron chi connectivity index (χ4n) is 4.07. The number of sulfonamides is 1. The van der Waals surface area contributed by atoms with Gasteiger partial charge >= 0.3 is 6.18 Å². The minimum absolute atomic E-state index is 0.00711. The average Bonchev–Trinajstić information content (AvgIpc) is 3.27. The van der Waals surface area contributed by atoms with Crippen LogP contribution in [0.1, 0.15) is 29.6 Å². The van der Waals surface area contributed by atoms with Gasteiger partial charge in [0.1, 0.15) is 24.0 Å². The predicted molar refractivity (Wildman–Crippen MR) is 131 cm³/mol. The van der Waals surface area contributed by atoms with Crippen LogP contribution in [-0.2, 0) is 40.6 Å². The Hall–Kier alpha value is -4.33. The number of hydrogen-bond acceptors (Lipinski definition) is 8. The lowest BCUT2D eigenvalue weighted by atomic mass is 10.1. The van der Waals surface area contributed by atoms with Crippen molar-refractivity contribution in [1.82, 2.24) is 15.1 Å². The zero-order valence-electron chi connectivity index (χ0n) is 20.2. The average molecular weight is 562 g/mol. The van der Waals surface area contributed by atoms with Gasteiger partial charge in [-0.1, -0.05) is 29.4 Å². The molecular weight excluding hydrogens is 542 g/mol. The molecule has 0 amide bonds. The molecule has 39 heavy (non-hydrogen) atoms. The highest BCUT2D eigenvalue weighted by molar-refractivity contribution is 7.92. The summed E-state index contributed by atoms with van der Waals surface area (Å²) >= 11 is 0. The Morgan fingerprint density at radius 1 is 1.08 bits per heavy atom. The molecule has 2 aromatic carbocycles. The van der Waals surface area contributed by atoms with E-state index in [1.54, 1.807) is 0 Å². The van der Waals surface area contributed by atoms with Crippen molar-refractivity contribution >= 4 is 33.0 Å². The van der Waals surface area contributed by atoms with Crippen LogP contribution in [0.2, 0.25) is 0 Å². The summed E-state index contributed by atoms with van der Waals surface area (Å²) in [6.45, 7) is 0.148. The SMILES string of the molecule is CC(=O)Cc1nc(-c2cccc3c2N(S(=O)(=O)c2ccc(CF)cc2)Cc2ccc(C(F)(F)F)nc2N3)no1. The van der Waals surface area contributed by atoms with Gasteiger partial charge in [0.15, 0.2) is 0 Å². The van der Waals surface area contributed by atoms with Crippen LogP contribution in [0.5, 0.6) is 0 Å². The van der Waals surface area contributed by atoms with Gasteiger partial charge < -0.3 is 9.84 Å². The molecule has 9 nitrogen and oxygen atoms in total. The van der Waals surface area contributed by atoms with E-state index in [0.29, 0.717) is 0 Å². The second kappa shape index (κ2) is 9.76. The molecule has 0 fully saturated rings. The van der Waals surface area contributed by atoms with Gasteiger partial charge in [-0.15, -0.1) is 0 Å². The number of benzene rings is 2. The van der Waals surface area contributed by atoms with Crippen molar-refractivity contribution in [1.29, 1.82) is 0 Å². The first-order valence-electron chi connectivity index (χ1n) is 11.4. The van der Waals surface area contributed by atoms with Crippen LogP contribution in [0, 0.1) is 0 Å². The quantitative estimate of drug-likeness (QED) is 0.319. The first kappa shape index (κ1) is 26.3. The Morgan fingerprint density at radius 2 is 1.82 bits per heavy atom. The summed E-state index contributed by atoms with van der Waals surface area (Å²) in [5.41, 5.74) is -0.414. The zero-order valence-corrected chi connectivity index (χ0v) is 21.0. The van der Waals surface area contributed by atoms with E-state index >= 15 is 0 Å². The highest BCUT2D eigenvalue weighted by Gasteiger charge is 2.37. The molecule has 0 saturated carbocycles. The molecule has 3 heterocycles. The first-order chi connectivity index (χ1) is 18.5. The third-order valence-electron chi connectivity index (χ3n) is 5.90. The monoisotopic (exact) mass is 561 g/mol. The van der Waals surface area contributed by atoms with Gasteiger partial charge in [0.25, 0.3) is 10.0 Å². The number of pyridine rings is 1. The van der Waals surface area contributed by atoms with E-state index in [1.807, 2.05) is 0 Å². The maximum atomic E-state index is 14.0. The molecule has 0 unspecified atom stereocenters. The molecule has 202 valence electrons. The van der Waals surface area contributed by atoms with Crippen LogP contribution < -0.4 is 9.62 Å². The van der Waals surface area contributed by atoms with Gasteiger partial charge in [0, 0.05) is 11.1 Å². The highest BCUT2D eigenvalue weighted by Crippen LogP contribution is 2.44. The molecule has 4 aromatic rings. The summed E-state index contributed by atoms with van der Waals surface area (Å²) in [6.07, 6.45) is -4.87. The largest absolute Gasteiger partial charge is 0.433 e. The summed E-state index contributed by atoms with van der Waals surface area (Å²) in [5.74, 6) is -0.443. The molecule has 0 bridgehead atoms. The number of hydrogen-bond donors (Lipinski definition) is 1. The van der Waals surface area contributed by atoms with Gasteiger partial charge in [-0.05, 0) is 42.8 Å². The van der Waals surface area contributed by atoms with Gasteiger partial charge in [-0.3, -0.25) is 9.10 Å². The third kappa shape index (κ3) is 5.06. The van der Waals surface area contributed by atoms with Crippen LogP contribution in [0.4, 0.5) is 34.8 Å². The summed E-state index contributed by atoms with van der Waals surface area (Å²) in [5, 5.41) is 6.72. The van der Waals surface area contributed by atoms with Gasteiger partial charge in [0.05, 0.1) is 29.2 Å². The number of nitrogens with one attached hydrogen (secondary N) is 1. The highest BCUT2D eigenvalue weighted by atomic mass is 32.2. The van der Waals surface area contributed by atoms with Crippen molar-refractivity contribution in [2.24, 2.45) is 0 Å². The van der Waals surface area contributed by atoms with Gasteiger partial charge in [0.2, 0.25) is 11.7 Å². The Morgan fingerprint density at radius 3 is 2.49 bits per heavy atom. The number of ketones is 1. The fraction of sp³-hybridized carbons (Fsp3) is 0.200. The number of carbonyl (C=O) groups is 1. The minimum atomic E-state index is -4.73. The standard InChI is InChI=1S/C25H19F4N5O4S/c1-14(35)11-21-32-24(33-38-21)18-3-2-4-19-22(18)34(39(36,37)17-8-5-15(12-26)6-9-17)13-16-7-10-20(25(27,28)29)31-23(16)30-19/h2-10H,11-13H2,1H3,(H,30,31). The van der Waals surface area contributed by atoms with E-state index in [4.69, 9.17) is 4.52 Å². The van der Waals surface area contributed by atoms with E-state index in [0.717, 1.165) is 16.4 Å². The van der Waals surface area contributed by atoms with Crippen molar-refractivity contribution in [3.05, 3.63) is 77.3 Å². The molecule has 0 spiro atoms. The number of carbonyl (C=O) groups excluding carboxylic acids is 1. The zero-order chi connectivity index (χ0) is 27.9. The number of rotatable bonds is 6. The van der Waals surface area contributed by atoms with Crippen LogP contribution in [-0.4, -0.2) is 29.3 Å². The van der Waals surface area contributed by atoms with Crippen LogP contribution >= 0.6 is 0 Å². The maximum Gasteiger partial charge on any atom is 0.433 e. The van der Waals surface area contributed by atoms with E-state index in [9.17, 15) is 30.8 Å². The Kier molecular flexibility index (Phi) is 6.58. The second-order valence-electron chi connectivity index (χ2n) is 8.71. The second-order valence-corrected chi connectivity index (χ2v) is 10.6. The Labute approximate surface area is 219 Å². The van der Waals surface area contributed by atoms with Crippen molar-refractivity contribution in [3.63, 3.8) is 0 Å². The van der Waals surface area contributed by atoms with Crippen molar-refractivity contribution < 1.29 is 35.3 Å². The van der Waals surface area contributed by atoms with Crippen LogP contribution in [0.15, 0.2) is 64.0 Å². The fourth-order valence-corrected chi connectivity index (χ4v) is 5.55. The number of halogens is 4. The normalized spacial score (nSPS) is 13.3. The molecule has 1 aliphatic rings. The number of alkyl halides is 4. The number of para-hydroxylation sites is 1.